The van der Waals surface area contributed by atoms with Crippen molar-refractivity contribution in [3.63, 3.8) is 0 Å². The van der Waals surface area contributed by atoms with E-state index >= 15 is 0 Å². The van der Waals surface area contributed by atoms with Crippen LogP contribution in [-0.2, 0) is 6.54 Å². The molecule has 19 heavy (non-hydrogen) atoms. The normalized spacial score (nSPS) is 17.3. The van der Waals surface area contributed by atoms with Crippen LogP contribution in [0.15, 0.2) is 30.3 Å². The van der Waals surface area contributed by atoms with E-state index in [-0.39, 0.29) is 0 Å². The Bertz CT molecular complexity index is 342. The minimum absolute atomic E-state index is 0.800. The van der Waals surface area contributed by atoms with E-state index in [0.29, 0.717) is 0 Å². The molecule has 2 nitrogen and oxygen atoms in total. The summed E-state index contributed by atoms with van der Waals surface area (Å²) in [6.45, 7) is 3.45. The zero-order valence-electron chi connectivity index (χ0n) is 12.5. The number of hydrogen-bond donors (Lipinski definition) is 0. The number of hydrogen-bond acceptors (Lipinski definition) is 2. The molecule has 0 amide bonds. The summed E-state index contributed by atoms with van der Waals surface area (Å²) < 4.78 is 0. The van der Waals surface area contributed by atoms with Crippen molar-refractivity contribution in [1.82, 2.24) is 9.80 Å². The lowest BCUT2D eigenvalue weighted by Crippen LogP contribution is -2.40. The minimum atomic E-state index is 0.800. The SMILES string of the molecule is CN(C)CCN(Cc1ccccc1)C1CCCCC1. The average Bonchev–Trinajstić information content (AvgIpc) is 2.45. The second kappa shape index (κ2) is 7.66. The summed E-state index contributed by atoms with van der Waals surface area (Å²) in [7, 11) is 4.34. The molecule has 0 unspecified atom stereocenters. The smallest absolute Gasteiger partial charge is 0.0237 e. The summed E-state index contributed by atoms with van der Waals surface area (Å²) in [6, 6.07) is 11.7. The molecule has 1 aromatic rings. The summed E-state index contributed by atoms with van der Waals surface area (Å²) in [5.41, 5.74) is 1.45. The molecule has 0 bridgehead atoms. The van der Waals surface area contributed by atoms with Gasteiger partial charge in [0.05, 0.1) is 0 Å². The number of nitrogens with zero attached hydrogens (tertiary/aromatic N) is 2. The zero-order chi connectivity index (χ0) is 13.5. The van der Waals surface area contributed by atoms with Crippen molar-refractivity contribution in [2.24, 2.45) is 0 Å². The Morgan fingerprint density at radius 1 is 0.947 bits per heavy atom. The third-order valence-electron chi connectivity index (χ3n) is 4.15. The van der Waals surface area contributed by atoms with Crippen LogP contribution in [0, 0.1) is 0 Å². The van der Waals surface area contributed by atoms with E-state index in [1.54, 1.807) is 0 Å². The van der Waals surface area contributed by atoms with E-state index in [4.69, 9.17) is 0 Å². The molecule has 0 atom stereocenters. The summed E-state index contributed by atoms with van der Waals surface area (Å²) in [5.74, 6) is 0. The van der Waals surface area contributed by atoms with Crippen molar-refractivity contribution in [2.45, 2.75) is 44.7 Å². The van der Waals surface area contributed by atoms with Gasteiger partial charge in [0.2, 0.25) is 0 Å². The lowest BCUT2D eigenvalue weighted by molar-refractivity contribution is 0.136. The zero-order valence-corrected chi connectivity index (χ0v) is 12.5. The third kappa shape index (κ3) is 4.96. The summed E-state index contributed by atoms with van der Waals surface area (Å²) >= 11 is 0. The van der Waals surface area contributed by atoms with E-state index in [0.717, 1.165) is 19.1 Å². The van der Waals surface area contributed by atoms with Gasteiger partial charge in [-0.15, -0.1) is 0 Å². The molecule has 1 fully saturated rings. The monoisotopic (exact) mass is 260 g/mol. The maximum absolute atomic E-state index is 2.70. The molecule has 1 aliphatic rings. The molecule has 1 aliphatic carbocycles. The van der Waals surface area contributed by atoms with Crippen molar-refractivity contribution < 1.29 is 0 Å². The fourth-order valence-electron chi connectivity index (χ4n) is 2.98. The molecule has 0 heterocycles. The van der Waals surface area contributed by atoms with Crippen LogP contribution in [0.5, 0.6) is 0 Å². The lowest BCUT2D eigenvalue weighted by Gasteiger charge is -2.35. The summed E-state index contributed by atoms with van der Waals surface area (Å²) in [4.78, 5) is 5.00. The maximum Gasteiger partial charge on any atom is 0.0237 e. The highest BCUT2D eigenvalue weighted by Crippen LogP contribution is 2.23. The van der Waals surface area contributed by atoms with Gasteiger partial charge in [-0.2, -0.15) is 0 Å². The minimum Gasteiger partial charge on any atom is -0.308 e. The Labute approximate surface area is 118 Å². The van der Waals surface area contributed by atoms with Crippen molar-refractivity contribution >= 4 is 0 Å². The molecule has 106 valence electrons. The van der Waals surface area contributed by atoms with E-state index < -0.39 is 0 Å². The number of rotatable bonds is 6. The quantitative estimate of drug-likeness (QED) is 0.773. The maximum atomic E-state index is 2.70. The fraction of sp³-hybridized carbons (Fsp3) is 0.647. The molecule has 0 N–H and O–H groups in total. The molecular weight excluding hydrogens is 232 g/mol. The molecule has 2 heteroatoms. The first-order valence-corrected chi connectivity index (χ1v) is 7.68. The Balaban J connectivity index is 1.96. The van der Waals surface area contributed by atoms with Gasteiger partial charge in [-0.1, -0.05) is 49.6 Å². The lowest BCUT2D eigenvalue weighted by atomic mass is 9.94. The van der Waals surface area contributed by atoms with Crippen molar-refractivity contribution in [3.8, 4) is 0 Å². The predicted molar refractivity (Wildman–Crippen MR) is 82.3 cm³/mol. The van der Waals surface area contributed by atoms with Crippen molar-refractivity contribution in [1.29, 1.82) is 0 Å². The number of likely N-dealkylation sites (N-methyl/N-ethyl adjacent to an activating group) is 1. The third-order valence-corrected chi connectivity index (χ3v) is 4.15. The first-order chi connectivity index (χ1) is 9.25. The van der Waals surface area contributed by atoms with Crippen LogP contribution in [-0.4, -0.2) is 43.0 Å². The largest absolute Gasteiger partial charge is 0.308 e. The second-order valence-electron chi connectivity index (χ2n) is 6.05. The first-order valence-electron chi connectivity index (χ1n) is 7.68. The van der Waals surface area contributed by atoms with Crippen LogP contribution in [0.1, 0.15) is 37.7 Å². The van der Waals surface area contributed by atoms with Crippen molar-refractivity contribution in [2.75, 3.05) is 27.2 Å². The highest BCUT2D eigenvalue weighted by Gasteiger charge is 2.20. The fourth-order valence-corrected chi connectivity index (χ4v) is 2.98. The summed E-state index contributed by atoms with van der Waals surface area (Å²) in [5, 5.41) is 0. The van der Waals surface area contributed by atoms with Crippen LogP contribution in [0.4, 0.5) is 0 Å². The molecule has 0 aliphatic heterocycles. The Hall–Kier alpha value is -0.860. The van der Waals surface area contributed by atoms with Gasteiger partial charge in [0, 0.05) is 25.7 Å². The van der Waals surface area contributed by atoms with Crippen LogP contribution in [0.2, 0.25) is 0 Å². The Morgan fingerprint density at radius 3 is 2.26 bits per heavy atom. The van der Waals surface area contributed by atoms with Gasteiger partial charge in [-0.3, -0.25) is 4.90 Å². The van der Waals surface area contributed by atoms with Crippen LogP contribution < -0.4 is 0 Å². The van der Waals surface area contributed by atoms with E-state index in [1.165, 1.54) is 44.2 Å². The van der Waals surface area contributed by atoms with Crippen LogP contribution in [0.3, 0.4) is 0 Å². The van der Waals surface area contributed by atoms with Gasteiger partial charge < -0.3 is 4.90 Å². The summed E-state index contributed by atoms with van der Waals surface area (Å²) in [6.07, 6.45) is 7.04. The second-order valence-corrected chi connectivity index (χ2v) is 6.05. The molecule has 1 saturated carbocycles. The van der Waals surface area contributed by atoms with Gasteiger partial charge >= 0.3 is 0 Å². The Kier molecular flexibility index (Phi) is 5.87. The molecule has 2 rings (SSSR count). The van der Waals surface area contributed by atoms with Crippen LogP contribution >= 0.6 is 0 Å². The van der Waals surface area contributed by atoms with E-state index in [9.17, 15) is 0 Å². The Morgan fingerprint density at radius 2 is 1.63 bits per heavy atom. The topological polar surface area (TPSA) is 6.48 Å². The molecular formula is C17H28N2. The van der Waals surface area contributed by atoms with E-state index in [2.05, 4.69) is 54.2 Å². The molecule has 1 aromatic carbocycles. The van der Waals surface area contributed by atoms with Gasteiger partial charge in [0.15, 0.2) is 0 Å². The molecule has 0 spiro atoms. The van der Waals surface area contributed by atoms with Gasteiger partial charge in [-0.25, -0.2) is 0 Å². The van der Waals surface area contributed by atoms with Crippen LogP contribution in [0.25, 0.3) is 0 Å². The predicted octanol–water partition coefficient (Wildman–Crippen LogP) is 3.38. The molecule has 0 aromatic heterocycles. The highest BCUT2D eigenvalue weighted by molar-refractivity contribution is 5.14. The standard InChI is InChI=1S/C17H28N2/c1-18(2)13-14-19(17-11-7-4-8-12-17)15-16-9-5-3-6-10-16/h3,5-6,9-10,17H,4,7-8,11-15H2,1-2H3. The van der Waals surface area contributed by atoms with Gasteiger partial charge in [0.1, 0.15) is 0 Å². The highest BCUT2D eigenvalue weighted by atomic mass is 15.2. The van der Waals surface area contributed by atoms with Crippen molar-refractivity contribution in [3.05, 3.63) is 35.9 Å². The van der Waals surface area contributed by atoms with Gasteiger partial charge in [0.25, 0.3) is 0 Å². The first kappa shape index (κ1) is 14.5. The van der Waals surface area contributed by atoms with Gasteiger partial charge in [-0.05, 0) is 32.5 Å². The average molecular weight is 260 g/mol. The molecule has 0 saturated heterocycles. The molecule has 0 radical (unpaired) electrons. The number of benzene rings is 1. The van der Waals surface area contributed by atoms with E-state index in [1.807, 2.05) is 0 Å².